The highest BCUT2D eigenvalue weighted by molar-refractivity contribution is 6.32. The van der Waals surface area contributed by atoms with Crippen molar-refractivity contribution in [3.63, 3.8) is 0 Å². The van der Waals surface area contributed by atoms with Crippen LogP contribution in [0.4, 0.5) is 0 Å². The van der Waals surface area contributed by atoms with Crippen molar-refractivity contribution in [3.05, 3.63) is 16.4 Å². The first kappa shape index (κ1) is 17.5. The number of aromatic nitrogens is 2. The number of ether oxygens (including phenoxy) is 1. The van der Waals surface area contributed by atoms with E-state index in [4.69, 9.17) is 16.3 Å². The number of aryl methyl sites for hydroxylation is 1. The second-order valence-corrected chi connectivity index (χ2v) is 5.63. The minimum Gasteiger partial charge on any atom is -0.449 e. The van der Waals surface area contributed by atoms with Crippen molar-refractivity contribution in [3.8, 4) is 0 Å². The zero-order chi connectivity index (χ0) is 16.2. The molecule has 7 heteroatoms. The Kier molecular flexibility index (Phi) is 6.20. The van der Waals surface area contributed by atoms with E-state index < -0.39 is 12.1 Å². The normalized spacial score (nSPS) is 12.3. The molecule has 118 valence electrons. The van der Waals surface area contributed by atoms with Crippen LogP contribution in [-0.2, 0) is 16.1 Å². The van der Waals surface area contributed by atoms with E-state index in [1.165, 1.54) is 6.92 Å². The van der Waals surface area contributed by atoms with E-state index in [2.05, 4.69) is 10.4 Å². The zero-order valence-electron chi connectivity index (χ0n) is 13.1. The molecule has 1 rings (SSSR count). The van der Waals surface area contributed by atoms with Crippen molar-refractivity contribution in [1.82, 2.24) is 15.1 Å². The third kappa shape index (κ3) is 4.46. The first-order chi connectivity index (χ1) is 9.77. The molecule has 0 aliphatic rings. The summed E-state index contributed by atoms with van der Waals surface area (Å²) in [5.41, 5.74) is 0.710. The van der Waals surface area contributed by atoms with Gasteiger partial charge in [0.1, 0.15) is 10.7 Å². The molecule has 0 aromatic carbocycles. The predicted octanol–water partition coefficient (Wildman–Crippen LogP) is 2.18. The molecular formula is C14H22ClN3O3. The molecule has 1 amide bonds. The van der Waals surface area contributed by atoms with Crippen LogP contribution >= 0.6 is 11.6 Å². The van der Waals surface area contributed by atoms with Crippen molar-refractivity contribution in [2.45, 2.75) is 47.3 Å². The quantitative estimate of drug-likeness (QED) is 0.817. The standard InChI is InChI=1S/C14H22ClN3O3/c1-6-16-13(19)10(5)21-14(20)11-9(4)17-18(12(11)15)7-8(2)3/h8,10H,6-7H2,1-5H3,(H,16,19)/t10-/m0/s1. The molecule has 0 radical (unpaired) electrons. The summed E-state index contributed by atoms with van der Waals surface area (Å²) in [6.07, 6.45) is -0.874. The van der Waals surface area contributed by atoms with Crippen LogP contribution in [0.15, 0.2) is 0 Å². The monoisotopic (exact) mass is 315 g/mol. The molecule has 1 aromatic rings. The molecule has 0 spiro atoms. The van der Waals surface area contributed by atoms with Gasteiger partial charge in [0.05, 0.1) is 5.69 Å². The van der Waals surface area contributed by atoms with Crippen LogP contribution in [0.1, 0.15) is 43.7 Å². The van der Waals surface area contributed by atoms with Gasteiger partial charge in [-0.25, -0.2) is 4.79 Å². The number of hydrogen-bond donors (Lipinski definition) is 1. The maximum Gasteiger partial charge on any atom is 0.343 e. The third-order valence-electron chi connectivity index (χ3n) is 2.81. The van der Waals surface area contributed by atoms with Gasteiger partial charge < -0.3 is 10.1 Å². The van der Waals surface area contributed by atoms with Crippen molar-refractivity contribution < 1.29 is 14.3 Å². The molecule has 1 atom stereocenters. The summed E-state index contributed by atoms with van der Waals surface area (Å²) < 4.78 is 6.72. The lowest BCUT2D eigenvalue weighted by Crippen LogP contribution is -2.35. The number of hydrogen-bond acceptors (Lipinski definition) is 4. The molecule has 0 aliphatic carbocycles. The topological polar surface area (TPSA) is 73.2 Å². The lowest BCUT2D eigenvalue weighted by atomic mass is 10.2. The zero-order valence-corrected chi connectivity index (χ0v) is 13.8. The molecular weight excluding hydrogens is 294 g/mol. The number of amides is 1. The fourth-order valence-electron chi connectivity index (χ4n) is 1.84. The summed E-state index contributed by atoms with van der Waals surface area (Å²) in [5.74, 6) is -0.625. The van der Waals surface area contributed by atoms with Crippen LogP contribution < -0.4 is 5.32 Å². The first-order valence-electron chi connectivity index (χ1n) is 6.99. The van der Waals surface area contributed by atoms with E-state index in [0.29, 0.717) is 24.7 Å². The minimum absolute atomic E-state index is 0.216. The third-order valence-corrected chi connectivity index (χ3v) is 3.20. The van der Waals surface area contributed by atoms with Crippen LogP contribution in [0.3, 0.4) is 0 Å². The SMILES string of the molecule is CCNC(=O)[C@H](C)OC(=O)c1c(C)nn(CC(C)C)c1Cl. The lowest BCUT2D eigenvalue weighted by Gasteiger charge is -2.12. The van der Waals surface area contributed by atoms with Gasteiger partial charge in [-0.15, -0.1) is 0 Å². The van der Waals surface area contributed by atoms with Crippen molar-refractivity contribution in [1.29, 1.82) is 0 Å². The van der Waals surface area contributed by atoms with Gasteiger partial charge in [-0.05, 0) is 26.7 Å². The number of carbonyl (C=O) groups is 2. The smallest absolute Gasteiger partial charge is 0.343 e. The van der Waals surface area contributed by atoms with Crippen molar-refractivity contribution in [2.24, 2.45) is 5.92 Å². The second kappa shape index (κ2) is 7.45. The Morgan fingerprint density at radius 3 is 2.52 bits per heavy atom. The van der Waals surface area contributed by atoms with Gasteiger partial charge in [0, 0.05) is 13.1 Å². The average molecular weight is 316 g/mol. The molecule has 0 saturated carbocycles. The van der Waals surface area contributed by atoms with E-state index in [-0.39, 0.29) is 16.6 Å². The Morgan fingerprint density at radius 2 is 2.00 bits per heavy atom. The summed E-state index contributed by atoms with van der Waals surface area (Å²) in [4.78, 5) is 23.8. The van der Waals surface area contributed by atoms with E-state index in [1.807, 2.05) is 13.8 Å². The number of halogens is 1. The minimum atomic E-state index is -0.874. The summed E-state index contributed by atoms with van der Waals surface area (Å²) in [7, 11) is 0. The second-order valence-electron chi connectivity index (χ2n) is 5.27. The van der Waals surface area contributed by atoms with E-state index in [1.54, 1.807) is 18.5 Å². The average Bonchev–Trinajstić information content (AvgIpc) is 2.63. The Labute approximate surface area is 129 Å². The fraction of sp³-hybridized carbons (Fsp3) is 0.643. The maximum absolute atomic E-state index is 12.2. The maximum atomic E-state index is 12.2. The van der Waals surface area contributed by atoms with Gasteiger partial charge >= 0.3 is 5.97 Å². The summed E-state index contributed by atoms with van der Waals surface area (Å²) in [6, 6.07) is 0. The Hall–Kier alpha value is -1.56. The Bertz CT molecular complexity index is 526. The Balaban J connectivity index is 2.88. The largest absolute Gasteiger partial charge is 0.449 e. The van der Waals surface area contributed by atoms with Gasteiger partial charge in [-0.2, -0.15) is 5.10 Å². The van der Waals surface area contributed by atoms with Crippen LogP contribution in [0.2, 0.25) is 5.15 Å². The van der Waals surface area contributed by atoms with Gasteiger partial charge in [-0.3, -0.25) is 9.48 Å². The molecule has 1 heterocycles. The van der Waals surface area contributed by atoms with Crippen molar-refractivity contribution in [2.75, 3.05) is 6.54 Å². The van der Waals surface area contributed by atoms with Gasteiger partial charge in [-0.1, -0.05) is 25.4 Å². The van der Waals surface area contributed by atoms with E-state index in [9.17, 15) is 9.59 Å². The van der Waals surface area contributed by atoms with Crippen LogP contribution in [0.25, 0.3) is 0 Å². The number of nitrogens with one attached hydrogen (secondary N) is 1. The fourth-order valence-corrected chi connectivity index (χ4v) is 2.16. The van der Waals surface area contributed by atoms with Crippen LogP contribution in [-0.4, -0.2) is 34.3 Å². The van der Waals surface area contributed by atoms with Crippen LogP contribution in [0, 0.1) is 12.8 Å². The Morgan fingerprint density at radius 1 is 1.38 bits per heavy atom. The molecule has 1 aromatic heterocycles. The number of carbonyl (C=O) groups excluding carboxylic acids is 2. The highest BCUT2D eigenvalue weighted by Gasteiger charge is 2.25. The number of esters is 1. The predicted molar refractivity (Wildman–Crippen MR) is 80.4 cm³/mol. The molecule has 0 saturated heterocycles. The number of likely N-dealkylation sites (N-methyl/N-ethyl adjacent to an activating group) is 1. The van der Waals surface area contributed by atoms with Gasteiger partial charge in [0.25, 0.3) is 5.91 Å². The lowest BCUT2D eigenvalue weighted by molar-refractivity contribution is -0.128. The van der Waals surface area contributed by atoms with Crippen molar-refractivity contribution >= 4 is 23.5 Å². The molecule has 0 fully saturated rings. The van der Waals surface area contributed by atoms with E-state index in [0.717, 1.165) is 0 Å². The molecule has 0 unspecified atom stereocenters. The molecule has 0 bridgehead atoms. The molecule has 0 aliphatic heterocycles. The molecule has 21 heavy (non-hydrogen) atoms. The van der Waals surface area contributed by atoms with Gasteiger partial charge in [0.2, 0.25) is 0 Å². The molecule has 1 N–H and O–H groups in total. The van der Waals surface area contributed by atoms with E-state index >= 15 is 0 Å². The first-order valence-corrected chi connectivity index (χ1v) is 7.37. The van der Waals surface area contributed by atoms with Crippen LogP contribution in [0.5, 0.6) is 0 Å². The van der Waals surface area contributed by atoms with Gasteiger partial charge in [0.15, 0.2) is 6.10 Å². The summed E-state index contributed by atoms with van der Waals surface area (Å²) in [6.45, 7) is 10.2. The number of rotatable bonds is 6. The summed E-state index contributed by atoms with van der Waals surface area (Å²) >= 11 is 6.19. The highest BCUT2D eigenvalue weighted by atomic mass is 35.5. The summed E-state index contributed by atoms with van der Waals surface area (Å²) in [5, 5.41) is 7.08. The number of nitrogens with zero attached hydrogens (tertiary/aromatic N) is 2. The highest BCUT2D eigenvalue weighted by Crippen LogP contribution is 2.22. The molecule has 6 nitrogen and oxygen atoms in total.